The van der Waals surface area contributed by atoms with Crippen molar-refractivity contribution in [3.8, 4) is 0 Å². The zero-order chi connectivity index (χ0) is 15.2. The lowest BCUT2D eigenvalue weighted by Crippen LogP contribution is -2.24. The Kier molecular flexibility index (Phi) is 3.43. The van der Waals surface area contributed by atoms with Gasteiger partial charge < -0.3 is 0 Å². The van der Waals surface area contributed by atoms with Crippen molar-refractivity contribution in [1.82, 2.24) is 0 Å². The van der Waals surface area contributed by atoms with Crippen LogP contribution < -0.4 is 0 Å². The summed E-state index contributed by atoms with van der Waals surface area (Å²) in [5, 5.41) is 0. The molecule has 2 atom stereocenters. The molecule has 0 nitrogen and oxygen atoms in total. The van der Waals surface area contributed by atoms with Gasteiger partial charge in [-0.15, -0.1) is 0 Å². The Balaban J connectivity index is 1.99. The maximum atomic E-state index is 2.42. The Labute approximate surface area is 129 Å². The predicted molar refractivity (Wildman–Crippen MR) is 91.0 cm³/mol. The minimum absolute atomic E-state index is 0.276. The summed E-state index contributed by atoms with van der Waals surface area (Å²) >= 11 is 0. The molecule has 0 heteroatoms. The molecule has 1 aliphatic carbocycles. The smallest absolute Gasteiger partial charge is 0.00692 e. The number of rotatable bonds is 2. The van der Waals surface area contributed by atoms with E-state index < -0.39 is 0 Å². The zero-order valence-electron chi connectivity index (χ0n) is 13.9. The van der Waals surface area contributed by atoms with Gasteiger partial charge in [-0.3, -0.25) is 0 Å². The van der Waals surface area contributed by atoms with Crippen LogP contribution in [-0.2, 0) is 11.8 Å². The topological polar surface area (TPSA) is 0 Å². The highest BCUT2D eigenvalue weighted by atomic mass is 14.5. The summed E-state index contributed by atoms with van der Waals surface area (Å²) in [6.07, 6.45) is 1.15. The molecule has 2 aromatic carbocycles. The molecule has 0 aliphatic heterocycles. The van der Waals surface area contributed by atoms with Crippen LogP contribution in [0.5, 0.6) is 0 Å². The average Bonchev–Trinajstić information content (AvgIpc) is 2.62. The Bertz CT molecular complexity index is 646. The van der Waals surface area contributed by atoms with Gasteiger partial charge in [-0.05, 0) is 54.2 Å². The lowest BCUT2D eigenvalue weighted by molar-refractivity contribution is 0.329. The summed E-state index contributed by atoms with van der Waals surface area (Å²) in [7, 11) is 0. The van der Waals surface area contributed by atoms with Crippen LogP contribution in [0, 0.1) is 19.8 Å². The van der Waals surface area contributed by atoms with Crippen molar-refractivity contribution in [2.24, 2.45) is 5.92 Å². The maximum absolute atomic E-state index is 2.42. The van der Waals surface area contributed by atoms with Gasteiger partial charge in [-0.1, -0.05) is 74.4 Å². The molecule has 3 rings (SSSR count). The lowest BCUT2D eigenvalue weighted by atomic mass is 9.76. The standard InChI is InChI=1S/C21H26/c1-14-6-9-17(10-7-14)13-18-16(3)21(4,5)20-11-8-15(2)12-19(18)20/h6-12,16,18H,13H2,1-5H3. The highest BCUT2D eigenvalue weighted by Crippen LogP contribution is 2.51. The van der Waals surface area contributed by atoms with Crippen LogP contribution >= 0.6 is 0 Å². The van der Waals surface area contributed by atoms with E-state index in [1.807, 2.05) is 0 Å². The van der Waals surface area contributed by atoms with Crippen molar-refractivity contribution in [2.45, 2.75) is 52.4 Å². The molecule has 0 aromatic heterocycles. The van der Waals surface area contributed by atoms with Crippen LogP contribution in [0.15, 0.2) is 42.5 Å². The summed E-state index contributed by atoms with van der Waals surface area (Å²) in [5.74, 6) is 1.31. The summed E-state index contributed by atoms with van der Waals surface area (Å²) < 4.78 is 0. The number of fused-ring (bicyclic) bond motifs is 1. The average molecular weight is 278 g/mol. The van der Waals surface area contributed by atoms with E-state index in [1.54, 1.807) is 11.1 Å². The molecule has 0 bridgehead atoms. The first-order valence-electron chi connectivity index (χ1n) is 8.06. The first-order valence-corrected chi connectivity index (χ1v) is 8.06. The van der Waals surface area contributed by atoms with Crippen LogP contribution in [0.3, 0.4) is 0 Å². The number of benzene rings is 2. The van der Waals surface area contributed by atoms with Crippen LogP contribution in [0.25, 0.3) is 0 Å². The third-order valence-corrected chi connectivity index (χ3v) is 5.62. The van der Waals surface area contributed by atoms with Crippen LogP contribution in [0.4, 0.5) is 0 Å². The first kappa shape index (κ1) is 14.4. The molecule has 0 N–H and O–H groups in total. The minimum Gasteiger partial charge on any atom is -0.0611 e. The molecule has 0 saturated carbocycles. The molecule has 0 spiro atoms. The summed E-state index contributed by atoms with van der Waals surface area (Å²) in [5.41, 5.74) is 7.59. The SMILES string of the molecule is Cc1ccc(CC2c3cc(C)ccc3C(C)(C)C2C)cc1. The van der Waals surface area contributed by atoms with Crippen LogP contribution in [0.2, 0.25) is 0 Å². The molecule has 2 aromatic rings. The van der Waals surface area contributed by atoms with E-state index in [0.717, 1.165) is 6.42 Å². The Morgan fingerprint density at radius 2 is 1.52 bits per heavy atom. The van der Waals surface area contributed by atoms with Gasteiger partial charge in [-0.2, -0.15) is 0 Å². The monoisotopic (exact) mass is 278 g/mol. The molecule has 21 heavy (non-hydrogen) atoms. The fraction of sp³-hybridized carbons (Fsp3) is 0.429. The van der Waals surface area contributed by atoms with Crippen molar-refractivity contribution >= 4 is 0 Å². The molecule has 1 aliphatic rings. The largest absolute Gasteiger partial charge is 0.0611 e. The molecule has 0 saturated heterocycles. The van der Waals surface area contributed by atoms with Gasteiger partial charge in [0.1, 0.15) is 0 Å². The first-order chi connectivity index (χ1) is 9.89. The van der Waals surface area contributed by atoms with Crippen LogP contribution in [0.1, 0.15) is 54.5 Å². The minimum atomic E-state index is 0.276. The third-order valence-electron chi connectivity index (χ3n) is 5.62. The van der Waals surface area contributed by atoms with Crippen LogP contribution in [-0.4, -0.2) is 0 Å². The molecule has 0 radical (unpaired) electrons. The highest BCUT2D eigenvalue weighted by molar-refractivity contribution is 5.46. The second-order valence-electron chi connectivity index (χ2n) is 7.40. The number of hydrogen-bond donors (Lipinski definition) is 0. The van der Waals surface area contributed by atoms with E-state index >= 15 is 0 Å². The second-order valence-corrected chi connectivity index (χ2v) is 7.40. The van der Waals surface area contributed by atoms with E-state index in [-0.39, 0.29) is 5.41 Å². The van der Waals surface area contributed by atoms with Gasteiger partial charge in [0.2, 0.25) is 0 Å². The van der Waals surface area contributed by atoms with Gasteiger partial charge >= 0.3 is 0 Å². The van der Waals surface area contributed by atoms with E-state index in [9.17, 15) is 0 Å². The van der Waals surface area contributed by atoms with Crippen molar-refractivity contribution in [1.29, 1.82) is 0 Å². The third kappa shape index (κ3) is 2.41. The fourth-order valence-electron chi connectivity index (χ4n) is 3.86. The molecular formula is C21H26. The summed E-state index contributed by atoms with van der Waals surface area (Å²) in [4.78, 5) is 0. The predicted octanol–water partition coefficient (Wildman–Crippen LogP) is 5.56. The molecule has 0 heterocycles. The number of hydrogen-bond acceptors (Lipinski definition) is 0. The Hall–Kier alpha value is -1.56. The summed E-state index contributed by atoms with van der Waals surface area (Å²) in [6, 6.07) is 16.1. The van der Waals surface area contributed by atoms with E-state index in [2.05, 4.69) is 77.1 Å². The molecule has 0 amide bonds. The van der Waals surface area contributed by atoms with Crippen molar-refractivity contribution in [3.63, 3.8) is 0 Å². The normalized spacial score (nSPS) is 23.1. The Morgan fingerprint density at radius 3 is 2.19 bits per heavy atom. The fourth-order valence-corrected chi connectivity index (χ4v) is 3.86. The molecular weight excluding hydrogens is 252 g/mol. The van der Waals surface area contributed by atoms with Gasteiger partial charge in [0, 0.05) is 0 Å². The van der Waals surface area contributed by atoms with E-state index in [4.69, 9.17) is 0 Å². The molecule has 110 valence electrons. The highest BCUT2D eigenvalue weighted by Gasteiger charge is 2.43. The van der Waals surface area contributed by atoms with E-state index in [0.29, 0.717) is 11.8 Å². The van der Waals surface area contributed by atoms with Crippen molar-refractivity contribution in [2.75, 3.05) is 0 Å². The van der Waals surface area contributed by atoms with Gasteiger partial charge in [0.05, 0.1) is 0 Å². The van der Waals surface area contributed by atoms with Gasteiger partial charge in [0.25, 0.3) is 0 Å². The van der Waals surface area contributed by atoms with Crippen molar-refractivity contribution < 1.29 is 0 Å². The van der Waals surface area contributed by atoms with Gasteiger partial charge in [0.15, 0.2) is 0 Å². The maximum Gasteiger partial charge on any atom is -0.00692 e. The summed E-state index contributed by atoms with van der Waals surface area (Å²) in [6.45, 7) is 11.6. The Morgan fingerprint density at radius 1 is 0.905 bits per heavy atom. The second kappa shape index (κ2) is 5.02. The lowest BCUT2D eigenvalue weighted by Gasteiger charge is -2.28. The van der Waals surface area contributed by atoms with Gasteiger partial charge in [-0.25, -0.2) is 0 Å². The van der Waals surface area contributed by atoms with Crippen molar-refractivity contribution in [3.05, 3.63) is 70.3 Å². The van der Waals surface area contributed by atoms with E-state index in [1.165, 1.54) is 16.7 Å². The molecule has 2 unspecified atom stereocenters. The molecule has 0 fully saturated rings. The zero-order valence-corrected chi connectivity index (χ0v) is 13.9. The number of aryl methyl sites for hydroxylation is 2. The quantitative estimate of drug-likeness (QED) is 0.675.